The molecule has 1 aromatic rings. The number of ether oxygens (including phenoxy) is 1. The van der Waals surface area contributed by atoms with Crippen molar-refractivity contribution in [3.05, 3.63) is 48.2 Å². The smallest absolute Gasteiger partial charge is 0.133 e. The Bertz CT molecular complexity index is 331. The van der Waals surface area contributed by atoms with E-state index in [-0.39, 0.29) is 0 Å². The molecule has 0 aliphatic carbocycles. The van der Waals surface area contributed by atoms with Gasteiger partial charge in [0, 0.05) is 6.42 Å². The number of hydrogen-bond acceptors (Lipinski definition) is 2. The number of benzene rings is 1. The molecule has 0 saturated heterocycles. The third-order valence-electron chi connectivity index (χ3n) is 2.61. The largest absolute Gasteiger partial charge is 0.491 e. The summed E-state index contributed by atoms with van der Waals surface area (Å²) in [5, 5.41) is 9.54. The van der Waals surface area contributed by atoms with Crippen molar-refractivity contribution in [1.29, 1.82) is 0 Å². The van der Waals surface area contributed by atoms with Gasteiger partial charge in [-0.1, -0.05) is 30.3 Å². The van der Waals surface area contributed by atoms with Gasteiger partial charge in [0.25, 0.3) is 0 Å². The van der Waals surface area contributed by atoms with E-state index in [0.717, 1.165) is 5.56 Å². The molecule has 0 fully saturated rings. The summed E-state index contributed by atoms with van der Waals surface area (Å²) in [6.45, 7) is 2.00. The lowest BCUT2D eigenvalue weighted by Gasteiger charge is -2.33. The molecule has 1 N–H and O–H groups in total. The Hall–Kier alpha value is -1.28. The van der Waals surface area contributed by atoms with E-state index in [0.29, 0.717) is 6.42 Å². The fourth-order valence-electron chi connectivity index (χ4n) is 1.77. The minimum absolute atomic E-state index is 0.393. The highest BCUT2D eigenvalue weighted by Crippen LogP contribution is 2.33. The van der Waals surface area contributed by atoms with Crippen molar-refractivity contribution < 1.29 is 9.84 Å². The summed E-state index contributed by atoms with van der Waals surface area (Å²) in [4.78, 5) is 0. The van der Waals surface area contributed by atoms with Crippen LogP contribution in [0, 0.1) is 0 Å². The van der Waals surface area contributed by atoms with Gasteiger partial charge in [0.05, 0.1) is 12.4 Å². The monoisotopic (exact) mass is 190 g/mol. The number of aliphatic hydroxyl groups excluding tert-OH is 1. The molecule has 2 rings (SSSR count). The third kappa shape index (κ3) is 1.66. The van der Waals surface area contributed by atoms with Gasteiger partial charge in [0.15, 0.2) is 0 Å². The van der Waals surface area contributed by atoms with Crippen molar-refractivity contribution in [2.24, 2.45) is 0 Å². The van der Waals surface area contributed by atoms with Crippen molar-refractivity contribution in [1.82, 2.24) is 0 Å². The van der Waals surface area contributed by atoms with Gasteiger partial charge < -0.3 is 9.84 Å². The Morgan fingerprint density at radius 2 is 2.07 bits per heavy atom. The van der Waals surface area contributed by atoms with Gasteiger partial charge >= 0.3 is 0 Å². The van der Waals surface area contributed by atoms with Gasteiger partial charge in [-0.15, -0.1) is 0 Å². The molecule has 1 aliphatic rings. The van der Waals surface area contributed by atoms with Gasteiger partial charge in [0.2, 0.25) is 0 Å². The maximum atomic E-state index is 9.54. The predicted octanol–water partition coefficient (Wildman–Crippen LogP) is 2.20. The number of aliphatic hydroxyl groups is 1. The van der Waals surface area contributed by atoms with Crippen molar-refractivity contribution in [2.45, 2.75) is 25.0 Å². The van der Waals surface area contributed by atoms with Crippen LogP contribution in [0.25, 0.3) is 0 Å². The molecule has 0 unspecified atom stereocenters. The summed E-state index contributed by atoms with van der Waals surface area (Å²) in [5.41, 5.74) is 0.707. The van der Waals surface area contributed by atoms with Crippen molar-refractivity contribution in [3.63, 3.8) is 0 Å². The second kappa shape index (κ2) is 3.46. The summed E-state index contributed by atoms with van der Waals surface area (Å²) < 4.78 is 5.58. The molecule has 1 aromatic carbocycles. The first-order chi connectivity index (χ1) is 6.71. The summed E-state index contributed by atoms with van der Waals surface area (Å²) in [6.07, 6.45) is 3.45. The van der Waals surface area contributed by atoms with E-state index >= 15 is 0 Å². The molecule has 74 valence electrons. The minimum atomic E-state index is -0.408. The Morgan fingerprint density at radius 3 is 2.71 bits per heavy atom. The molecule has 0 amide bonds. The zero-order valence-corrected chi connectivity index (χ0v) is 8.18. The highest BCUT2D eigenvalue weighted by atomic mass is 16.5. The second-order valence-electron chi connectivity index (χ2n) is 3.81. The fraction of sp³-hybridized carbons (Fsp3) is 0.333. The fourth-order valence-corrected chi connectivity index (χ4v) is 1.77. The van der Waals surface area contributed by atoms with Crippen LogP contribution in [0.2, 0.25) is 0 Å². The molecular formula is C12H14O2. The molecule has 0 saturated carbocycles. The average Bonchev–Trinajstić information content (AvgIpc) is 2.19. The second-order valence-corrected chi connectivity index (χ2v) is 3.81. The molecule has 14 heavy (non-hydrogen) atoms. The van der Waals surface area contributed by atoms with Crippen LogP contribution in [-0.2, 0) is 10.3 Å². The lowest BCUT2D eigenvalue weighted by molar-refractivity contribution is -0.0200. The van der Waals surface area contributed by atoms with Crippen LogP contribution in [0.15, 0.2) is 42.7 Å². The Kier molecular flexibility index (Phi) is 2.30. The van der Waals surface area contributed by atoms with Gasteiger partial charge in [-0.25, -0.2) is 0 Å². The Balaban J connectivity index is 2.29. The maximum Gasteiger partial charge on any atom is 0.133 e. The Labute approximate surface area is 83.8 Å². The molecule has 2 atom stereocenters. The van der Waals surface area contributed by atoms with Crippen molar-refractivity contribution in [2.75, 3.05) is 0 Å². The molecule has 2 nitrogen and oxygen atoms in total. The van der Waals surface area contributed by atoms with Crippen molar-refractivity contribution in [3.8, 4) is 0 Å². The Morgan fingerprint density at radius 1 is 1.36 bits per heavy atom. The molecule has 0 spiro atoms. The standard InChI is InChI=1S/C12H14O2/c1-12(9-11(13)7-8-14-12)10-5-3-2-4-6-10/h2-8,11,13H,9H2,1H3/t11-,12+/m1/s1. The first-order valence-electron chi connectivity index (χ1n) is 4.79. The van der Waals surface area contributed by atoms with Gasteiger partial charge in [-0.2, -0.15) is 0 Å². The molecule has 2 heteroatoms. The normalized spacial score (nSPS) is 31.1. The van der Waals surface area contributed by atoms with E-state index in [4.69, 9.17) is 4.74 Å². The molecule has 1 heterocycles. The van der Waals surface area contributed by atoms with Crippen LogP contribution in [0.3, 0.4) is 0 Å². The van der Waals surface area contributed by atoms with Gasteiger partial charge in [0.1, 0.15) is 5.60 Å². The summed E-state index contributed by atoms with van der Waals surface area (Å²) in [6, 6.07) is 9.98. The van der Waals surface area contributed by atoms with E-state index in [1.165, 1.54) is 0 Å². The van der Waals surface area contributed by atoms with E-state index < -0.39 is 11.7 Å². The first-order valence-corrected chi connectivity index (χ1v) is 4.79. The molecular weight excluding hydrogens is 176 g/mol. The maximum absolute atomic E-state index is 9.54. The highest BCUT2D eigenvalue weighted by molar-refractivity contribution is 5.23. The van der Waals surface area contributed by atoms with Gasteiger partial charge in [-0.3, -0.25) is 0 Å². The zero-order chi connectivity index (χ0) is 10.0. The van der Waals surface area contributed by atoms with Crippen LogP contribution >= 0.6 is 0 Å². The van der Waals surface area contributed by atoms with E-state index in [1.807, 2.05) is 37.3 Å². The number of rotatable bonds is 1. The van der Waals surface area contributed by atoms with E-state index in [1.54, 1.807) is 12.3 Å². The minimum Gasteiger partial charge on any atom is -0.491 e. The zero-order valence-electron chi connectivity index (χ0n) is 8.18. The first kappa shape index (κ1) is 9.28. The van der Waals surface area contributed by atoms with E-state index in [9.17, 15) is 5.11 Å². The summed E-state index contributed by atoms with van der Waals surface area (Å²) in [7, 11) is 0. The average molecular weight is 190 g/mol. The van der Waals surface area contributed by atoms with Crippen LogP contribution in [0.1, 0.15) is 18.9 Å². The lowest BCUT2D eigenvalue weighted by atomic mass is 9.88. The predicted molar refractivity (Wildman–Crippen MR) is 54.6 cm³/mol. The number of hydrogen-bond donors (Lipinski definition) is 1. The quantitative estimate of drug-likeness (QED) is 0.735. The lowest BCUT2D eigenvalue weighted by Crippen LogP contribution is -2.31. The van der Waals surface area contributed by atoms with Crippen molar-refractivity contribution >= 4 is 0 Å². The van der Waals surface area contributed by atoms with Crippen LogP contribution in [-0.4, -0.2) is 11.2 Å². The summed E-state index contributed by atoms with van der Waals surface area (Å²) in [5.74, 6) is 0. The third-order valence-corrected chi connectivity index (χ3v) is 2.61. The molecule has 1 aliphatic heterocycles. The molecule has 0 aromatic heterocycles. The van der Waals surface area contributed by atoms with Crippen LogP contribution in [0.4, 0.5) is 0 Å². The summed E-state index contributed by atoms with van der Waals surface area (Å²) >= 11 is 0. The SMILES string of the molecule is C[C@@]1(c2ccccc2)C[C@H](O)C=CO1. The molecule has 0 bridgehead atoms. The molecule has 0 radical (unpaired) electrons. The van der Waals surface area contributed by atoms with Crippen LogP contribution < -0.4 is 0 Å². The highest BCUT2D eigenvalue weighted by Gasteiger charge is 2.32. The topological polar surface area (TPSA) is 29.5 Å². The van der Waals surface area contributed by atoms with E-state index in [2.05, 4.69) is 0 Å². The van der Waals surface area contributed by atoms with Gasteiger partial charge in [-0.05, 0) is 18.6 Å². The van der Waals surface area contributed by atoms with Crippen LogP contribution in [0.5, 0.6) is 0 Å².